The first-order valence-electron chi connectivity index (χ1n) is 13.7. The molecule has 0 radical (unpaired) electrons. The zero-order valence-electron chi connectivity index (χ0n) is 25.1. The predicted molar refractivity (Wildman–Crippen MR) is 170 cm³/mol. The van der Waals surface area contributed by atoms with Gasteiger partial charge in [0.2, 0.25) is 11.8 Å². The van der Waals surface area contributed by atoms with E-state index in [9.17, 15) is 18.0 Å². The summed E-state index contributed by atoms with van der Waals surface area (Å²) in [5.74, 6) is -0.512. The van der Waals surface area contributed by atoms with E-state index in [2.05, 4.69) is 5.32 Å². The standard InChI is InChI=1S/C31H37Cl2N3O6S/c1-7-21(3)34-31(38)22(4)35(18-25-26(32)9-8-10-27(25)33)30(37)19-36(28-17-23(41-5)13-16-29(28)42-6)43(39,40)24-14-11-20(2)12-15-24/h8-17,21-22H,7,18-19H2,1-6H3,(H,34,38)/t21-,22+/m0/s1. The van der Waals surface area contributed by atoms with E-state index in [1.54, 1.807) is 49.4 Å². The summed E-state index contributed by atoms with van der Waals surface area (Å²) in [6, 6.07) is 14.7. The van der Waals surface area contributed by atoms with Gasteiger partial charge in [-0.25, -0.2) is 8.42 Å². The Hall–Kier alpha value is -3.47. The average Bonchev–Trinajstić information content (AvgIpc) is 2.99. The maximum atomic E-state index is 14.2. The fraction of sp³-hybridized carbons (Fsp3) is 0.355. The Morgan fingerprint density at radius 2 is 1.58 bits per heavy atom. The number of aryl methyl sites for hydroxylation is 1. The third kappa shape index (κ3) is 8.13. The second-order valence-electron chi connectivity index (χ2n) is 10.1. The topological polar surface area (TPSA) is 105 Å². The van der Waals surface area contributed by atoms with Gasteiger partial charge in [0, 0.05) is 34.3 Å². The van der Waals surface area contributed by atoms with Crippen molar-refractivity contribution in [1.29, 1.82) is 0 Å². The zero-order valence-corrected chi connectivity index (χ0v) is 27.4. The van der Waals surface area contributed by atoms with Crippen LogP contribution in [0.4, 0.5) is 5.69 Å². The smallest absolute Gasteiger partial charge is 0.264 e. The molecule has 0 bridgehead atoms. The highest BCUT2D eigenvalue weighted by Crippen LogP contribution is 2.36. The Morgan fingerprint density at radius 3 is 2.14 bits per heavy atom. The summed E-state index contributed by atoms with van der Waals surface area (Å²) in [7, 11) is -1.47. The highest BCUT2D eigenvalue weighted by Gasteiger charge is 2.34. The lowest BCUT2D eigenvalue weighted by molar-refractivity contribution is -0.139. The highest BCUT2D eigenvalue weighted by molar-refractivity contribution is 7.92. The van der Waals surface area contributed by atoms with E-state index in [1.165, 1.54) is 37.3 Å². The number of ether oxygens (including phenoxy) is 2. The number of hydrogen-bond acceptors (Lipinski definition) is 6. The monoisotopic (exact) mass is 649 g/mol. The molecular weight excluding hydrogens is 613 g/mol. The van der Waals surface area contributed by atoms with E-state index in [0.29, 0.717) is 27.8 Å². The molecule has 0 saturated carbocycles. The molecule has 3 aromatic rings. The first-order valence-corrected chi connectivity index (χ1v) is 15.9. The fourth-order valence-corrected chi connectivity index (χ4v) is 6.18. The van der Waals surface area contributed by atoms with Gasteiger partial charge in [-0.05, 0) is 63.6 Å². The van der Waals surface area contributed by atoms with Crippen molar-refractivity contribution in [3.63, 3.8) is 0 Å². The number of methoxy groups -OCH3 is 2. The van der Waals surface area contributed by atoms with Crippen LogP contribution < -0.4 is 19.1 Å². The Morgan fingerprint density at radius 1 is 0.953 bits per heavy atom. The molecule has 0 aliphatic heterocycles. The second kappa shape index (κ2) is 14.8. The number of halogens is 2. The number of benzene rings is 3. The number of rotatable bonds is 13. The number of carbonyl (C=O) groups is 2. The minimum absolute atomic E-state index is 0.0287. The van der Waals surface area contributed by atoms with Crippen molar-refractivity contribution >= 4 is 50.7 Å². The number of nitrogens with one attached hydrogen (secondary N) is 1. The molecule has 9 nitrogen and oxygen atoms in total. The van der Waals surface area contributed by atoms with Crippen LogP contribution in [0.15, 0.2) is 65.6 Å². The number of nitrogens with zero attached hydrogens (tertiary/aromatic N) is 2. The predicted octanol–water partition coefficient (Wildman–Crippen LogP) is 5.85. The molecule has 0 aromatic heterocycles. The van der Waals surface area contributed by atoms with Crippen molar-refractivity contribution < 1.29 is 27.5 Å². The van der Waals surface area contributed by atoms with Crippen molar-refractivity contribution in [3.05, 3.63) is 81.8 Å². The van der Waals surface area contributed by atoms with Crippen LogP contribution in [0.2, 0.25) is 10.0 Å². The third-order valence-corrected chi connectivity index (χ3v) is 9.58. The fourth-order valence-electron chi connectivity index (χ4n) is 4.24. The molecule has 232 valence electrons. The van der Waals surface area contributed by atoms with Gasteiger partial charge in [0.1, 0.15) is 24.1 Å². The first kappa shape index (κ1) is 34.0. The third-order valence-electron chi connectivity index (χ3n) is 7.10. The molecule has 3 aromatic carbocycles. The van der Waals surface area contributed by atoms with E-state index < -0.39 is 34.4 Å². The molecule has 0 spiro atoms. The quantitative estimate of drug-likeness (QED) is 0.249. The molecule has 0 aliphatic carbocycles. The van der Waals surface area contributed by atoms with Gasteiger partial charge in [0.25, 0.3) is 10.0 Å². The molecule has 0 heterocycles. The van der Waals surface area contributed by atoms with Gasteiger partial charge in [-0.3, -0.25) is 13.9 Å². The Labute approximate surface area is 263 Å². The number of amides is 2. The lowest BCUT2D eigenvalue weighted by Crippen LogP contribution is -2.52. The Balaban J connectivity index is 2.16. The number of hydrogen-bond donors (Lipinski definition) is 1. The van der Waals surface area contributed by atoms with Gasteiger partial charge in [0.05, 0.1) is 24.8 Å². The van der Waals surface area contributed by atoms with Gasteiger partial charge < -0.3 is 19.7 Å². The van der Waals surface area contributed by atoms with Crippen LogP contribution >= 0.6 is 23.2 Å². The zero-order chi connectivity index (χ0) is 31.9. The average molecular weight is 651 g/mol. The van der Waals surface area contributed by atoms with Crippen LogP contribution in [0.3, 0.4) is 0 Å². The van der Waals surface area contributed by atoms with E-state index >= 15 is 0 Å². The van der Waals surface area contributed by atoms with Crippen LogP contribution in [0.5, 0.6) is 11.5 Å². The molecule has 0 fully saturated rings. The molecule has 43 heavy (non-hydrogen) atoms. The lowest BCUT2D eigenvalue weighted by Gasteiger charge is -2.33. The van der Waals surface area contributed by atoms with Crippen LogP contribution in [-0.2, 0) is 26.2 Å². The summed E-state index contributed by atoms with van der Waals surface area (Å²) in [6.45, 7) is 6.39. The maximum Gasteiger partial charge on any atom is 0.264 e. The van der Waals surface area contributed by atoms with Gasteiger partial charge in [-0.15, -0.1) is 0 Å². The van der Waals surface area contributed by atoms with Gasteiger partial charge >= 0.3 is 0 Å². The molecule has 2 atom stereocenters. The Bertz CT molecular complexity index is 1530. The van der Waals surface area contributed by atoms with Crippen LogP contribution in [-0.4, -0.2) is 58.0 Å². The van der Waals surface area contributed by atoms with Crippen LogP contribution in [0, 0.1) is 6.92 Å². The number of sulfonamides is 1. The van der Waals surface area contributed by atoms with Crippen molar-refractivity contribution in [3.8, 4) is 11.5 Å². The molecule has 0 saturated heterocycles. The molecule has 1 N–H and O–H groups in total. The SMILES string of the molecule is CC[C@H](C)NC(=O)[C@@H](C)N(Cc1c(Cl)cccc1Cl)C(=O)CN(c1cc(OC)ccc1OC)S(=O)(=O)c1ccc(C)cc1. The molecular formula is C31H37Cl2N3O6S. The van der Waals surface area contributed by atoms with E-state index in [0.717, 1.165) is 9.87 Å². The molecule has 0 unspecified atom stereocenters. The van der Waals surface area contributed by atoms with Gasteiger partial charge in [-0.1, -0.05) is 53.9 Å². The van der Waals surface area contributed by atoms with Crippen molar-refractivity contribution in [2.75, 3.05) is 25.1 Å². The minimum atomic E-state index is -4.32. The molecule has 3 rings (SSSR count). The summed E-state index contributed by atoms with van der Waals surface area (Å²) in [5, 5.41) is 3.50. The summed E-state index contributed by atoms with van der Waals surface area (Å²) < 4.78 is 40.1. The van der Waals surface area contributed by atoms with Crippen LogP contribution in [0.25, 0.3) is 0 Å². The van der Waals surface area contributed by atoms with Gasteiger partial charge in [-0.2, -0.15) is 0 Å². The van der Waals surface area contributed by atoms with Crippen molar-refractivity contribution in [2.45, 2.75) is 57.6 Å². The summed E-state index contributed by atoms with van der Waals surface area (Å²) in [6.07, 6.45) is 0.682. The van der Waals surface area contributed by atoms with Crippen LogP contribution in [0.1, 0.15) is 38.3 Å². The minimum Gasteiger partial charge on any atom is -0.497 e. The molecule has 0 aliphatic rings. The number of anilines is 1. The van der Waals surface area contributed by atoms with E-state index in [4.69, 9.17) is 32.7 Å². The molecule has 12 heteroatoms. The summed E-state index contributed by atoms with van der Waals surface area (Å²) >= 11 is 12.9. The summed E-state index contributed by atoms with van der Waals surface area (Å²) in [5.41, 5.74) is 1.38. The Kier molecular flexibility index (Phi) is 11.7. The van der Waals surface area contributed by atoms with Crippen molar-refractivity contribution in [1.82, 2.24) is 10.2 Å². The first-order chi connectivity index (χ1) is 20.3. The van der Waals surface area contributed by atoms with E-state index in [1.807, 2.05) is 20.8 Å². The maximum absolute atomic E-state index is 14.2. The normalized spacial score (nSPS) is 12.7. The van der Waals surface area contributed by atoms with Crippen molar-refractivity contribution in [2.24, 2.45) is 0 Å². The number of carbonyl (C=O) groups excluding carboxylic acids is 2. The van der Waals surface area contributed by atoms with E-state index in [-0.39, 0.29) is 28.9 Å². The highest BCUT2D eigenvalue weighted by atomic mass is 35.5. The van der Waals surface area contributed by atoms with Gasteiger partial charge in [0.15, 0.2) is 0 Å². The second-order valence-corrected chi connectivity index (χ2v) is 12.8. The lowest BCUT2D eigenvalue weighted by atomic mass is 10.1. The molecule has 2 amide bonds. The summed E-state index contributed by atoms with van der Waals surface area (Å²) in [4.78, 5) is 28.7. The largest absolute Gasteiger partial charge is 0.497 e.